The minimum atomic E-state index is -0.155. The van der Waals surface area contributed by atoms with E-state index in [-0.39, 0.29) is 6.03 Å². The summed E-state index contributed by atoms with van der Waals surface area (Å²) < 4.78 is 1.32. The molecule has 1 aromatic carbocycles. The van der Waals surface area contributed by atoms with Gasteiger partial charge in [0.15, 0.2) is 5.16 Å². The Morgan fingerprint density at radius 2 is 2.06 bits per heavy atom. The molecule has 5 nitrogen and oxygen atoms in total. The fraction of sp³-hybridized carbons (Fsp3) is 0.100. The van der Waals surface area contributed by atoms with E-state index in [1.807, 2.05) is 30.3 Å². The first kappa shape index (κ1) is 9.41. The zero-order valence-electron chi connectivity index (χ0n) is 8.28. The first-order valence-corrected chi connectivity index (χ1v) is 5.74. The Labute approximate surface area is 96.1 Å². The Balaban J connectivity index is 1.99. The molecule has 0 radical (unpaired) electrons. The normalized spacial score (nSPS) is 15.0. The van der Waals surface area contributed by atoms with Gasteiger partial charge in [-0.25, -0.2) is 9.78 Å². The minimum absolute atomic E-state index is 0.155. The molecule has 80 valence electrons. The summed E-state index contributed by atoms with van der Waals surface area (Å²) in [5, 5.41) is 4.56. The van der Waals surface area contributed by atoms with Crippen molar-refractivity contribution in [2.75, 3.05) is 10.8 Å². The molecule has 6 heteroatoms. The van der Waals surface area contributed by atoms with E-state index in [0.717, 1.165) is 5.69 Å². The van der Waals surface area contributed by atoms with E-state index >= 15 is 0 Å². The molecular weight excluding hydrogens is 224 g/mol. The maximum absolute atomic E-state index is 12.1. The number of amides is 1. The summed E-state index contributed by atoms with van der Waals surface area (Å²) in [4.78, 5) is 17.7. The van der Waals surface area contributed by atoms with Crippen molar-refractivity contribution in [3.8, 4) is 0 Å². The van der Waals surface area contributed by atoms with Crippen LogP contribution in [0.4, 0.5) is 10.5 Å². The fourth-order valence-corrected chi connectivity index (χ4v) is 2.42. The number of hydrogen-bond donors (Lipinski definition) is 0. The van der Waals surface area contributed by atoms with Gasteiger partial charge in [0.1, 0.15) is 6.33 Å². The lowest BCUT2D eigenvalue weighted by Crippen LogP contribution is -2.38. The Kier molecular flexibility index (Phi) is 2.14. The lowest BCUT2D eigenvalue weighted by atomic mass is 10.3. The lowest BCUT2D eigenvalue weighted by molar-refractivity contribution is 0.243. The Morgan fingerprint density at radius 1 is 1.25 bits per heavy atom. The van der Waals surface area contributed by atoms with Crippen molar-refractivity contribution in [1.82, 2.24) is 14.8 Å². The van der Waals surface area contributed by atoms with Crippen LogP contribution in [0.2, 0.25) is 0 Å². The van der Waals surface area contributed by atoms with Crippen molar-refractivity contribution >= 4 is 23.5 Å². The lowest BCUT2D eigenvalue weighted by Gasteiger charge is -2.25. The van der Waals surface area contributed by atoms with Gasteiger partial charge in [0, 0.05) is 5.69 Å². The summed E-state index contributed by atoms with van der Waals surface area (Å²) >= 11 is 1.50. The van der Waals surface area contributed by atoms with Crippen molar-refractivity contribution in [2.45, 2.75) is 5.16 Å². The summed E-state index contributed by atoms with van der Waals surface area (Å²) in [6.45, 7) is 0. The molecule has 0 atom stereocenters. The number of fused-ring (bicyclic) bond motifs is 1. The number of rotatable bonds is 1. The Bertz CT molecular complexity index is 525. The molecule has 0 unspecified atom stereocenters. The number of aromatic nitrogens is 3. The summed E-state index contributed by atoms with van der Waals surface area (Å²) in [7, 11) is 0. The number of nitrogens with zero attached hydrogens (tertiary/aromatic N) is 4. The summed E-state index contributed by atoms with van der Waals surface area (Å²) in [6, 6.07) is 9.39. The molecule has 0 aliphatic carbocycles. The molecule has 2 heterocycles. The van der Waals surface area contributed by atoms with Gasteiger partial charge in [0.05, 0.1) is 5.88 Å². The third kappa shape index (κ3) is 1.38. The number of para-hydroxylation sites is 1. The standard InChI is InChI=1S/C10H8N4OS/c15-10-13(8-4-2-1-3-5-8)7-16-9-11-6-12-14(9)10/h1-6H,7H2. The molecule has 0 saturated heterocycles. The zero-order chi connectivity index (χ0) is 11.0. The average molecular weight is 232 g/mol. The molecular formula is C10H8N4OS. The van der Waals surface area contributed by atoms with Crippen LogP contribution in [0.25, 0.3) is 0 Å². The molecule has 0 bridgehead atoms. The quantitative estimate of drug-likeness (QED) is 0.752. The smallest absolute Gasteiger partial charge is 0.282 e. The molecule has 0 fully saturated rings. The summed E-state index contributed by atoms with van der Waals surface area (Å²) in [5.74, 6) is 0.571. The van der Waals surface area contributed by atoms with Crippen LogP contribution in [0.15, 0.2) is 41.8 Å². The van der Waals surface area contributed by atoms with E-state index in [1.165, 1.54) is 22.8 Å². The van der Waals surface area contributed by atoms with Gasteiger partial charge in [-0.1, -0.05) is 30.0 Å². The maximum atomic E-state index is 12.1. The van der Waals surface area contributed by atoms with Gasteiger partial charge in [0.25, 0.3) is 0 Å². The predicted octanol–water partition coefficient (Wildman–Crippen LogP) is 1.82. The highest BCUT2D eigenvalue weighted by Gasteiger charge is 2.26. The van der Waals surface area contributed by atoms with Gasteiger partial charge in [-0.15, -0.1) is 5.10 Å². The van der Waals surface area contributed by atoms with Gasteiger partial charge >= 0.3 is 6.03 Å². The molecule has 0 N–H and O–H groups in total. The zero-order valence-corrected chi connectivity index (χ0v) is 9.09. The molecule has 1 aliphatic rings. The third-order valence-corrected chi connectivity index (χ3v) is 3.24. The number of carbonyl (C=O) groups excluding carboxylic acids is 1. The van der Waals surface area contributed by atoms with Crippen molar-refractivity contribution in [1.29, 1.82) is 0 Å². The highest BCUT2D eigenvalue weighted by atomic mass is 32.2. The van der Waals surface area contributed by atoms with E-state index in [1.54, 1.807) is 4.90 Å². The number of benzene rings is 1. The highest BCUT2D eigenvalue weighted by Crippen LogP contribution is 2.26. The number of thioether (sulfide) groups is 1. The van der Waals surface area contributed by atoms with Crippen LogP contribution in [0.3, 0.4) is 0 Å². The van der Waals surface area contributed by atoms with E-state index in [9.17, 15) is 4.79 Å². The number of anilines is 1. The summed E-state index contributed by atoms with van der Waals surface area (Å²) in [6.07, 6.45) is 1.40. The third-order valence-electron chi connectivity index (χ3n) is 2.32. The van der Waals surface area contributed by atoms with Crippen LogP contribution in [0, 0.1) is 0 Å². The molecule has 2 aromatic rings. The molecule has 1 aromatic heterocycles. The van der Waals surface area contributed by atoms with Crippen LogP contribution < -0.4 is 4.90 Å². The molecule has 1 aliphatic heterocycles. The number of hydrogen-bond acceptors (Lipinski definition) is 4. The summed E-state index contributed by atoms with van der Waals surface area (Å²) in [5.41, 5.74) is 0.876. The van der Waals surface area contributed by atoms with Crippen molar-refractivity contribution in [2.24, 2.45) is 0 Å². The molecule has 1 amide bonds. The van der Waals surface area contributed by atoms with Crippen LogP contribution in [-0.4, -0.2) is 26.7 Å². The SMILES string of the molecule is O=C1N(c2ccccc2)CSc2ncnn21. The van der Waals surface area contributed by atoms with Crippen LogP contribution in [0.1, 0.15) is 0 Å². The molecule has 16 heavy (non-hydrogen) atoms. The molecule has 0 saturated carbocycles. The van der Waals surface area contributed by atoms with Gasteiger partial charge in [0.2, 0.25) is 0 Å². The van der Waals surface area contributed by atoms with Crippen molar-refractivity contribution in [3.63, 3.8) is 0 Å². The van der Waals surface area contributed by atoms with Crippen LogP contribution in [0.5, 0.6) is 0 Å². The fourth-order valence-electron chi connectivity index (χ4n) is 1.55. The Hall–Kier alpha value is -1.82. The first-order valence-electron chi connectivity index (χ1n) is 4.76. The predicted molar refractivity (Wildman–Crippen MR) is 60.5 cm³/mol. The monoisotopic (exact) mass is 232 g/mol. The molecule has 3 rings (SSSR count). The first-order chi connectivity index (χ1) is 7.86. The van der Waals surface area contributed by atoms with E-state index < -0.39 is 0 Å². The second kappa shape index (κ2) is 3.64. The largest absolute Gasteiger partial charge is 0.352 e. The van der Waals surface area contributed by atoms with E-state index in [4.69, 9.17) is 0 Å². The van der Waals surface area contributed by atoms with Gasteiger partial charge in [-0.2, -0.15) is 4.68 Å². The van der Waals surface area contributed by atoms with E-state index in [2.05, 4.69) is 10.1 Å². The topological polar surface area (TPSA) is 51.0 Å². The maximum Gasteiger partial charge on any atom is 0.352 e. The second-order valence-electron chi connectivity index (χ2n) is 3.27. The van der Waals surface area contributed by atoms with E-state index in [0.29, 0.717) is 11.0 Å². The average Bonchev–Trinajstić information content (AvgIpc) is 2.80. The number of carbonyl (C=O) groups is 1. The highest BCUT2D eigenvalue weighted by molar-refractivity contribution is 7.99. The van der Waals surface area contributed by atoms with Crippen LogP contribution >= 0.6 is 11.8 Å². The van der Waals surface area contributed by atoms with Crippen molar-refractivity contribution in [3.05, 3.63) is 36.7 Å². The minimum Gasteiger partial charge on any atom is -0.282 e. The van der Waals surface area contributed by atoms with Crippen LogP contribution in [-0.2, 0) is 0 Å². The second-order valence-corrected chi connectivity index (χ2v) is 4.19. The van der Waals surface area contributed by atoms with Gasteiger partial charge in [-0.05, 0) is 12.1 Å². The van der Waals surface area contributed by atoms with Gasteiger partial charge < -0.3 is 0 Å². The Morgan fingerprint density at radius 3 is 2.88 bits per heavy atom. The van der Waals surface area contributed by atoms with Crippen molar-refractivity contribution < 1.29 is 4.79 Å². The molecule has 0 spiro atoms. The van der Waals surface area contributed by atoms with Gasteiger partial charge in [-0.3, -0.25) is 4.90 Å².